The summed E-state index contributed by atoms with van der Waals surface area (Å²) in [5.41, 5.74) is 4.14. The summed E-state index contributed by atoms with van der Waals surface area (Å²) in [4.78, 5) is 120. The second-order valence-electron chi connectivity index (χ2n) is 30.1. The number of benzene rings is 6. The summed E-state index contributed by atoms with van der Waals surface area (Å²) in [6, 6.07) is 7.11. The highest BCUT2D eigenvalue weighted by Crippen LogP contribution is 2.55. The molecule has 9 atom stereocenters. The molecule has 4 aliphatic carbocycles. The van der Waals surface area contributed by atoms with E-state index in [-0.39, 0.29) is 128 Å². The quantitative estimate of drug-likeness (QED) is 0.0350. The summed E-state index contributed by atoms with van der Waals surface area (Å²) in [6.45, 7) is 7.51. The molecule has 0 spiro atoms. The molecule has 6 aromatic carbocycles. The van der Waals surface area contributed by atoms with Crippen molar-refractivity contribution in [3.05, 3.63) is 141 Å². The van der Waals surface area contributed by atoms with Crippen LogP contribution in [0.3, 0.4) is 0 Å². The lowest BCUT2D eigenvalue weighted by Crippen LogP contribution is -2.59. The molecular weight excluding hydrogens is 1470 g/mol. The van der Waals surface area contributed by atoms with Crippen molar-refractivity contribution in [1.29, 1.82) is 0 Å². The van der Waals surface area contributed by atoms with Gasteiger partial charge in [-0.1, -0.05) is 63.4 Å². The maximum atomic E-state index is 16.0. The van der Waals surface area contributed by atoms with Gasteiger partial charge >= 0.3 is 0 Å². The molecule has 0 unspecified atom stereocenters. The Hall–Kier alpha value is -10.3. The minimum Gasteiger partial charge on any atom is -0.507 e. The van der Waals surface area contributed by atoms with E-state index in [0.717, 1.165) is 75.6 Å². The Morgan fingerprint density at radius 1 is 0.658 bits per heavy atom. The molecular formula is C79H94ClN11O19S. The first-order valence-electron chi connectivity index (χ1n) is 37.4. The van der Waals surface area contributed by atoms with Crippen LogP contribution < -0.4 is 72.5 Å². The molecule has 15 rings (SSSR count). The number of sulfonamides is 1. The summed E-state index contributed by atoms with van der Waals surface area (Å²) >= 11 is 7.02. The van der Waals surface area contributed by atoms with Gasteiger partial charge in [-0.15, -0.1) is 0 Å². The van der Waals surface area contributed by atoms with Crippen LogP contribution in [0, 0.1) is 36.5 Å². The number of nitrogens with one attached hydrogen (secondary N) is 10. The molecule has 0 saturated heterocycles. The van der Waals surface area contributed by atoms with Crippen molar-refractivity contribution in [2.75, 3.05) is 26.7 Å². The van der Waals surface area contributed by atoms with Gasteiger partial charge in [0.1, 0.15) is 83.0 Å². The average Bonchev–Trinajstić information content (AvgIpc) is 0.763. The topological polar surface area (TPSA) is 466 Å². The minimum absolute atomic E-state index is 0.00478. The molecule has 18 N–H and O–H groups in total. The van der Waals surface area contributed by atoms with Gasteiger partial charge in [0.25, 0.3) is 0 Å². The van der Waals surface area contributed by atoms with Crippen molar-refractivity contribution < 1.29 is 91.6 Å². The van der Waals surface area contributed by atoms with Gasteiger partial charge in [0.15, 0.2) is 11.5 Å². The number of primary amides is 1. The molecule has 30 nitrogen and oxygen atoms in total. The number of phenolic OH excluding ortho intramolecular Hbond substituents is 4. The smallest absolute Gasteiger partial charge is 0.248 e. The van der Waals surface area contributed by atoms with Gasteiger partial charge in [0.2, 0.25) is 63.0 Å². The third-order valence-electron chi connectivity index (χ3n) is 21.7. The number of unbranched alkanes of at least 4 members (excludes halogenated alkanes) is 2. The van der Waals surface area contributed by atoms with Crippen LogP contribution in [0.1, 0.15) is 161 Å². The van der Waals surface area contributed by atoms with Crippen LogP contribution in [-0.4, -0.2) is 143 Å². The molecule has 4 saturated carbocycles. The van der Waals surface area contributed by atoms with Crippen LogP contribution in [0.4, 0.5) is 0 Å². The van der Waals surface area contributed by atoms with Gasteiger partial charge in [-0.05, 0) is 214 Å². The first kappa shape index (κ1) is 80.2. The number of carbonyl (C=O) groups is 8. The van der Waals surface area contributed by atoms with Crippen molar-refractivity contribution in [3.63, 3.8) is 0 Å². The second kappa shape index (κ2) is 34.1. The summed E-state index contributed by atoms with van der Waals surface area (Å²) < 4.78 is 47.8. The Kier molecular flexibility index (Phi) is 24.7. The number of amides is 8. The fourth-order valence-electron chi connectivity index (χ4n) is 16.2. The highest BCUT2D eigenvalue weighted by molar-refractivity contribution is 7.89. The number of fused-ring (bicyclic) bond motifs is 15. The number of phenols is 4. The molecule has 32 heteroatoms. The van der Waals surface area contributed by atoms with Gasteiger partial charge in [-0.25, -0.2) is 13.1 Å². The lowest BCUT2D eigenvalue weighted by molar-refractivity contribution is -0.138. The fourth-order valence-corrected chi connectivity index (χ4v) is 17.5. The van der Waals surface area contributed by atoms with Gasteiger partial charge in [-0.2, -0.15) is 0 Å². The number of likely N-dealkylation sites (N-methyl/N-ethyl adjacent to an activating group) is 1. The molecule has 5 heterocycles. The molecule has 15 bridgehead atoms. The van der Waals surface area contributed by atoms with Gasteiger partial charge in [0.05, 0.1) is 34.6 Å². The lowest BCUT2D eigenvalue weighted by Gasteiger charge is -2.54. The van der Waals surface area contributed by atoms with E-state index in [0.29, 0.717) is 24.2 Å². The minimum atomic E-state index is -3.99. The Labute approximate surface area is 646 Å². The number of carbonyl (C=O) groups excluding carboxylic acids is 8. The molecule has 6 aromatic rings. The summed E-state index contributed by atoms with van der Waals surface area (Å²) in [7, 11) is -2.46. The van der Waals surface area contributed by atoms with E-state index in [1.807, 2.05) is 13.8 Å². The normalized spacial score (nSPS) is 24.5. The zero-order chi connectivity index (χ0) is 79.4. The largest absolute Gasteiger partial charge is 0.507 e. The predicted octanol–water partition coefficient (Wildman–Crippen LogP) is 5.93. The molecule has 592 valence electrons. The zero-order valence-corrected chi connectivity index (χ0v) is 63.4. The molecule has 5 aliphatic heterocycles. The van der Waals surface area contributed by atoms with Crippen molar-refractivity contribution >= 4 is 68.9 Å². The monoisotopic (exact) mass is 1570 g/mol. The summed E-state index contributed by atoms with van der Waals surface area (Å²) in [6.07, 6.45) is 2.77. The van der Waals surface area contributed by atoms with E-state index in [4.69, 9.17) is 31.5 Å². The van der Waals surface area contributed by atoms with Crippen molar-refractivity contribution in [2.24, 2.45) is 35.3 Å². The standard InChI is InChI=1S/C79H94ClN11O19S/c1-6-7-8-22-108-47-13-15-48(16-14-47)111(106,107)84-21-9-20-83-36-51-56(93)34-50-62(71(51)97)49-30-41(10-17-55(49)92)64-75(101)91-68(79(105)89-66(50)77(103)86-63-44-26-39-25-40(28-44)29-45(63)27-39)70(96)43-12-19-58(52(80)31-43)110-60-33-46-32-59(72(60)98)109-57-18-11-42(24-38(57)4)69(95)67(90-73(99)53(82-5)23-37(2)3)78(104)85-54(35-61(81)94)74(100)87-65(46)76(102)88-64/h10-19,24,30-34,37,39-40,44-45,53-54,63-70,82-84,92-93,95-98H,6-9,20-23,25-29,35-36H2,1-5H3,(H2,81,94)(H,85,104)(H,86,103)(H,87,100)(H,88,102)(H,89,105)(H,90,99)(H,91,101)/t39?,40?,44?,45?,53-,54+,63?,64-,65-,66+,67-,68+,69-,70-/m1/s1. The van der Waals surface area contributed by atoms with Crippen LogP contribution in [0.2, 0.25) is 5.02 Å². The molecule has 111 heavy (non-hydrogen) atoms. The van der Waals surface area contributed by atoms with E-state index in [1.54, 1.807) is 19.1 Å². The van der Waals surface area contributed by atoms with E-state index in [1.165, 1.54) is 67.7 Å². The van der Waals surface area contributed by atoms with Crippen LogP contribution in [0.25, 0.3) is 11.1 Å². The van der Waals surface area contributed by atoms with E-state index < -0.39 is 153 Å². The molecule has 0 radical (unpaired) electrons. The highest BCUT2D eigenvalue weighted by Gasteiger charge is 2.50. The van der Waals surface area contributed by atoms with Gasteiger partial charge in [0, 0.05) is 30.3 Å². The number of ether oxygens (including phenoxy) is 3. The number of aromatic hydroxyl groups is 4. The molecule has 9 aliphatic rings. The first-order valence-corrected chi connectivity index (χ1v) is 39.2. The average molecular weight is 1570 g/mol. The number of aryl methyl sites for hydroxylation is 1. The number of aliphatic hydroxyl groups is 2. The molecule has 0 aromatic heterocycles. The van der Waals surface area contributed by atoms with Crippen LogP contribution in [-0.2, 0) is 54.9 Å². The number of hydrogen-bond acceptors (Lipinski definition) is 21. The fraction of sp³-hybridized carbons (Fsp3) is 0.443. The van der Waals surface area contributed by atoms with E-state index in [9.17, 15) is 53.4 Å². The highest BCUT2D eigenvalue weighted by atomic mass is 35.5. The van der Waals surface area contributed by atoms with Crippen molar-refractivity contribution in [1.82, 2.24) is 52.6 Å². The SMILES string of the molecule is CCCCCOc1ccc(S(=O)(=O)NCCCNCc2c(O)cc3c(c2O)-c2cc(ccc2O)[C@H]2NC(=O)[C@@H]4NC(=O)[C@H](CC(N)=O)NC(=O)[C@H](NC(=O)[C@@H](CC(C)C)NC)[C@H](O)c5ccc(c(C)c5)Oc5cc4cc(c5O)Oc4ccc(cc4Cl)[C@@H](O)[C@H](NC2=O)C(=O)N[C@@H]3C(=O)NC2C3CC4CC(C3)CC2C4)cc1. The van der Waals surface area contributed by atoms with Crippen LogP contribution in [0.15, 0.2) is 102 Å². The lowest BCUT2D eigenvalue weighted by atomic mass is 9.54. The Morgan fingerprint density at radius 3 is 1.95 bits per heavy atom. The summed E-state index contributed by atoms with van der Waals surface area (Å²) in [5, 5.41) is 99.0. The van der Waals surface area contributed by atoms with E-state index in [2.05, 4.69) is 59.5 Å². The third-order valence-corrected chi connectivity index (χ3v) is 23.5. The van der Waals surface area contributed by atoms with Gasteiger partial charge < -0.3 is 98.4 Å². The number of nitrogens with two attached hydrogens (primary N) is 1. The summed E-state index contributed by atoms with van der Waals surface area (Å²) in [5.74, 6) is -11.5. The maximum Gasteiger partial charge on any atom is 0.248 e. The Morgan fingerprint density at radius 2 is 1.30 bits per heavy atom. The first-order chi connectivity index (χ1) is 53.0. The predicted molar refractivity (Wildman–Crippen MR) is 404 cm³/mol. The number of rotatable bonds is 22. The van der Waals surface area contributed by atoms with E-state index >= 15 is 24.0 Å². The number of aliphatic hydroxyl groups excluding tert-OH is 2. The maximum absolute atomic E-state index is 16.0. The third kappa shape index (κ3) is 17.9. The molecule has 4 fully saturated rings. The number of halogens is 1. The number of hydrogen-bond donors (Lipinski definition) is 17. The Bertz CT molecular complexity index is 4670. The second-order valence-corrected chi connectivity index (χ2v) is 32.2. The van der Waals surface area contributed by atoms with Crippen molar-refractivity contribution in [3.8, 4) is 62.9 Å². The Balaban J connectivity index is 0.962. The van der Waals surface area contributed by atoms with Gasteiger partial charge in [-0.3, -0.25) is 38.4 Å². The van der Waals surface area contributed by atoms with Crippen LogP contribution in [0.5, 0.6) is 51.7 Å². The van der Waals surface area contributed by atoms with Crippen molar-refractivity contribution in [2.45, 2.75) is 170 Å². The van der Waals surface area contributed by atoms with Crippen LogP contribution >= 0.6 is 11.6 Å². The molecule has 8 amide bonds. The zero-order valence-electron chi connectivity index (χ0n) is 61.9.